The van der Waals surface area contributed by atoms with E-state index >= 15 is 0 Å². The second-order valence-electron chi connectivity index (χ2n) is 6.93. The van der Waals surface area contributed by atoms with Crippen molar-refractivity contribution in [2.45, 2.75) is 46.1 Å². The van der Waals surface area contributed by atoms with Crippen LogP contribution >= 0.6 is 0 Å². The fourth-order valence-corrected chi connectivity index (χ4v) is 3.16. The van der Waals surface area contributed by atoms with Crippen LogP contribution in [0.15, 0.2) is 36.4 Å². The Labute approximate surface area is 155 Å². The Morgan fingerprint density at radius 1 is 1.19 bits per heavy atom. The molecule has 0 heterocycles. The zero-order valence-corrected chi connectivity index (χ0v) is 16.4. The van der Waals surface area contributed by atoms with Crippen molar-refractivity contribution in [2.75, 3.05) is 13.7 Å². The molecule has 0 radical (unpaired) electrons. The largest absolute Gasteiger partial charge is 0.494 e. The van der Waals surface area contributed by atoms with E-state index in [0.717, 1.165) is 22.4 Å². The van der Waals surface area contributed by atoms with Crippen LogP contribution in [-0.4, -0.2) is 24.8 Å². The quantitative estimate of drug-likeness (QED) is 0.771. The third-order valence-electron chi connectivity index (χ3n) is 4.67. The highest BCUT2D eigenvalue weighted by molar-refractivity contribution is 5.89. The Morgan fingerprint density at radius 2 is 1.81 bits per heavy atom. The van der Waals surface area contributed by atoms with Crippen LogP contribution in [-0.2, 0) is 10.3 Å². The van der Waals surface area contributed by atoms with Crippen LogP contribution in [0.4, 0.5) is 0 Å². The molecular weight excluding hydrogens is 328 g/mol. The number of ether oxygens (including phenoxy) is 2. The van der Waals surface area contributed by atoms with Gasteiger partial charge >= 0.3 is 5.97 Å². The van der Waals surface area contributed by atoms with E-state index in [9.17, 15) is 9.90 Å². The van der Waals surface area contributed by atoms with Gasteiger partial charge in [-0.2, -0.15) is 0 Å². The number of benzene rings is 2. The topological polar surface area (TPSA) is 55.8 Å². The fraction of sp³-hybridized carbons (Fsp3) is 0.409. The summed E-state index contributed by atoms with van der Waals surface area (Å²) >= 11 is 0. The van der Waals surface area contributed by atoms with Crippen molar-refractivity contribution in [3.05, 3.63) is 64.2 Å². The van der Waals surface area contributed by atoms with Gasteiger partial charge in [-0.05, 0) is 73.2 Å². The van der Waals surface area contributed by atoms with E-state index < -0.39 is 11.6 Å². The number of carbonyl (C=O) groups excluding carboxylic acids is 1. The molecule has 0 amide bonds. The molecule has 0 fully saturated rings. The van der Waals surface area contributed by atoms with E-state index in [0.29, 0.717) is 17.7 Å². The molecular formula is C22H28O4. The molecule has 2 rings (SSSR count). The standard InChI is InChI=1S/C22H28O4/c1-7-26-20-12-15(4)19(13-18(20)14(2)3)22(5,24)17-10-8-16(9-11-17)21(23)25-6/h8-14,24H,7H2,1-6H3. The fourth-order valence-electron chi connectivity index (χ4n) is 3.16. The molecule has 4 nitrogen and oxygen atoms in total. The molecule has 1 N–H and O–H groups in total. The molecule has 0 aliphatic heterocycles. The average Bonchev–Trinajstić information content (AvgIpc) is 2.61. The number of esters is 1. The van der Waals surface area contributed by atoms with E-state index in [1.807, 2.05) is 26.0 Å². The van der Waals surface area contributed by atoms with Gasteiger partial charge in [-0.15, -0.1) is 0 Å². The minimum atomic E-state index is -1.19. The Hall–Kier alpha value is -2.33. The maximum absolute atomic E-state index is 11.6. The van der Waals surface area contributed by atoms with Crippen LogP contribution in [0, 0.1) is 6.92 Å². The van der Waals surface area contributed by atoms with Gasteiger partial charge < -0.3 is 14.6 Å². The molecule has 0 aliphatic carbocycles. The number of hydrogen-bond acceptors (Lipinski definition) is 4. The molecule has 1 atom stereocenters. The van der Waals surface area contributed by atoms with Gasteiger partial charge in [0.05, 0.1) is 19.3 Å². The number of rotatable bonds is 6. The summed E-state index contributed by atoms with van der Waals surface area (Å²) < 4.78 is 10.5. The predicted molar refractivity (Wildman–Crippen MR) is 103 cm³/mol. The lowest BCUT2D eigenvalue weighted by molar-refractivity contribution is 0.0600. The van der Waals surface area contributed by atoms with Crippen molar-refractivity contribution in [3.8, 4) is 5.75 Å². The number of aliphatic hydroxyl groups is 1. The minimum Gasteiger partial charge on any atom is -0.494 e. The Morgan fingerprint density at radius 3 is 2.31 bits per heavy atom. The lowest BCUT2D eigenvalue weighted by Crippen LogP contribution is -2.24. The zero-order valence-electron chi connectivity index (χ0n) is 16.4. The van der Waals surface area contributed by atoms with Gasteiger partial charge in [0.1, 0.15) is 11.4 Å². The predicted octanol–water partition coefficient (Wildman–Crippen LogP) is 4.56. The van der Waals surface area contributed by atoms with Crippen LogP contribution in [0.25, 0.3) is 0 Å². The van der Waals surface area contributed by atoms with Crippen molar-refractivity contribution in [3.63, 3.8) is 0 Å². The van der Waals surface area contributed by atoms with E-state index in [-0.39, 0.29) is 5.92 Å². The highest BCUT2D eigenvalue weighted by Gasteiger charge is 2.29. The van der Waals surface area contributed by atoms with E-state index in [4.69, 9.17) is 9.47 Å². The zero-order chi connectivity index (χ0) is 19.5. The summed E-state index contributed by atoms with van der Waals surface area (Å²) in [6.45, 7) is 10.5. The van der Waals surface area contributed by atoms with Gasteiger partial charge in [0.15, 0.2) is 0 Å². The van der Waals surface area contributed by atoms with Crippen LogP contribution < -0.4 is 4.74 Å². The Balaban J connectivity index is 2.51. The van der Waals surface area contributed by atoms with Gasteiger partial charge in [-0.1, -0.05) is 26.0 Å². The molecule has 2 aromatic carbocycles. The first-order valence-corrected chi connectivity index (χ1v) is 8.91. The third kappa shape index (κ3) is 3.91. The first kappa shape index (κ1) is 20.0. The molecule has 140 valence electrons. The van der Waals surface area contributed by atoms with Crippen LogP contribution in [0.3, 0.4) is 0 Å². The summed E-state index contributed by atoms with van der Waals surface area (Å²) in [4.78, 5) is 11.6. The maximum atomic E-state index is 11.6. The minimum absolute atomic E-state index is 0.272. The first-order chi connectivity index (χ1) is 12.2. The Bertz CT molecular complexity index is 773. The maximum Gasteiger partial charge on any atom is 0.337 e. The smallest absolute Gasteiger partial charge is 0.337 e. The third-order valence-corrected chi connectivity index (χ3v) is 4.67. The molecule has 0 saturated carbocycles. The van der Waals surface area contributed by atoms with E-state index in [1.165, 1.54) is 7.11 Å². The van der Waals surface area contributed by atoms with Crippen LogP contribution in [0.5, 0.6) is 5.75 Å². The molecule has 1 unspecified atom stereocenters. The lowest BCUT2D eigenvalue weighted by Gasteiger charge is -2.28. The van der Waals surface area contributed by atoms with Gasteiger partial charge in [0.25, 0.3) is 0 Å². The van der Waals surface area contributed by atoms with Crippen LogP contribution in [0.1, 0.15) is 66.2 Å². The van der Waals surface area contributed by atoms with E-state index in [2.05, 4.69) is 13.8 Å². The molecule has 0 spiro atoms. The highest BCUT2D eigenvalue weighted by atomic mass is 16.5. The highest BCUT2D eigenvalue weighted by Crippen LogP contribution is 2.37. The van der Waals surface area contributed by atoms with Gasteiger partial charge in [-0.3, -0.25) is 0 Å². The Kier molecular flexibility index (Phi) is 6.09. The van der Waals surface area contributed by atoms with Gasteiger partial charge in [0.2, 0.25) is 0 Å². The summed E-state index contributed by atoms with van der Waals surface area (Å²) in [6.07, 6.45) is 0. The second kappa shape index (κ2) is 7.92. The van der Waals surface area contributed by atoms with Crippen molar-refractivity contribution in [1.29, 1.82) is 0 Å². The SMILES string of the molecule is CCOc1cc(C)c(C(C)(O)c2ccc(C(=O)OC)cc2)cc1C(C)C. The van der Waals surface area contributed by atoms with Crippen molar-refractivity contribution in [1.82, 2.24) is 0 Å². The van der Waals surface area contributed by atoms with Crippen molar-refractivity contribution >= 4 is 5.97 Å². The number of carbonyl (C=O) groups is 1. The molecule has 26 heavy (non-hydrogen) atoms. The summed E-state index contributed by atoms with van der Waals surface area (Å²) in [5.41, 5.74) is 2.84. The van der Waals surface area contributed by atoms with Gasteiger partial charge in [-0.25, -0.2) is 4.79 Å². The summed E-state index contributed by atoms with van der Waals surface area (Å²) in [5.74, 6) is 0.740. The van der Waals surface area contributed by atoms with Gasteiger partial charge in [0, 0.05) is 0 Å². The molecule has 0 aromatic heterocycles. The van der Waals surface area contributed by atoms with Crippen molar-refractivity contribution in [2.24, 2.45) is 0 Å². The number of hydrogen-bond donors (Lipinski definition) is 1. The average molecular weight is 356 g/mol. The number of methoxy groups -OCH3 is 1. The monoisotopic (exact) mass is 356 g/mol. The summed E-state index contributed by atoms with van der Waals surface area (Å²) in [7, 11) is 1.35. The molecule has 0 bridgehead atoms. The summed E-state index contributed by atoms with van der Waals surface area (Å²) in [6, 6.07) is 10.9. The molecule has 2 aromatic rings. The second-order valence-corrected chi connectivity index (χ2v) is 6.93. The molecule has 0 aliphatic rings. The molecule has 0 saturated heterocycles. The lowest BCUT2D eigenvalue weighted by atomic mass is 9.83. The first-order valence-electron chi connectivity index (χ1n) is 8.91. The normalized spacial score (nSPS) is 13.4. The van der Waals surface area contributed by atoms with E-state index in [1.54, 1.807) is 31.2 Å². The van der Waals surface area contributed by atoms with Crippen LogP contribution in [0.2, 0.25) is 0 Å². The molecule has 4 heteroatoms. The summed E-state index contributed by atoms with van der Waals surface area (Å²) in [5, 5.41) is 11.3. The van der Waals surface area contributed by atoms with Crippen molar-refractivity contribution < 1.29 is 19.4 Å². The number of aryl methyl sites for hydroxylation is 1.